The standard InChI is InChI=1S/C12H11N3O2/c16-11-7-10(13-12(17)14-11)15-6-5-8-3-1-2-4-9(8)15/h1-4,7H,5-6H2,(H2,13,14,16,17). The molecule has 3 rings (SSSR count). The summed E-state index contributed by atoms with van der Waals surface area (Å²) >= 11 is 0. The number of aromatic amines is 2. The van der Waals surface area contributed by atoms with Gasteiger partial charge in [-0.05, 0) is 18.1 Å². The van der Waals surface area contributed by atoms with Gasteiger partial charge in [-0.15, -0.1) is 0 Å². The fraction of sp³-hybridized carbons (Fsp3) is 0.167. The zero-order valence-corrected chi connectivity index (χ0v) is 9.06. The molecule has 0 spiro atoms. The minimum Gasteiger partial charge on any atom is -0.327 e. The molecule has 17 heavy (non-hydrogen) atoms. The summed E-state index contributed by atoms with van der Waals surface area (Å²) in [5, 5.41) is 0. The highest BCUT2D eigenvalue weighted by molar-refractivity contribution is 5.67. The summed E-state index contributed by atoms with van der Waals surface area (Å²) in [5.74, 6) is 0.545. The van der Waals surface area contributed by atoms with Gasteiger partial charge in [0.2, 0.25) is 0 Å². The molecule has 0 saturated heterocycles. The molecule has 1 aromatic carbocycles. The van der Waals surface area contributed by atoms with Crippen LogP contribution in [-0.2, 0) is 6.42 Å². The van der Waals surface area contributed by atoms with Crippen molar-refractivity contribution in [2.45, 2.75) is 6.42 Å². The molecule has 2 N–H and O–H groups in total. The van der Waals surface area contributed by atoms with Crippen LogP contribution in [-0.4, -0.2) is 16.5 Å². The van der Waals surface area contributed by atoms with Crippen LogP contribution in [0.3, 0.4) is 0 Å². The number of rotatable bonds is 1. The predicted octanol–water partition coefficient (Wildman–Crippen LogP) is 0.757. The van der Waals surface area contributed by atoms with Gasteiger partial charge >= 0.3 is 5.69 Å². The second-order valence-corrected chi connectivity index (χ2v) is 4.00. The lowest BCUT2D eigenvalue weighted by atomic mass is 10.2. The molecule has 0 bridgehead atoms. The van der Waals surface area contributed by atoms with Crippen LogP contribution in [0.25, 0.3) is 0 Å². The first-order chi connectivity index (χ1) is 8.24. The van der Waals surface area contributed by atoms with E-state index in [4.69, 9.17) is 0 Å². The van der Waals surface area contributed by atoms with E-state index >= 15 is 0 Å². The summed E-state index contributed by atoms with van der Waals surface area (Å²) in [6, 6.07) is 9.39. The normalized spacial score (nSPS) is 13.8. The average molecular weight is 229 g/mol. The molecule has 1 aliphatic heterocycles. The minimum absolute atomic E-state index is 0.381. The molecule has 2 aromatic rings. The summed E-state index contributed by atoms with van der Waals surface area (Å²) in [7, 11) is 0. The highest BCUT2D eigenvalue weighted by Gasteiger charge is 2.20. The van der Waals surface area contributed by atoms with Gasteiger partial charge in [-0.1, -0.05) is 18.2 Å². The van der Waals surface area contributed by atoms with Crippen molar-refractivity contribution >= 4 is 11.5 Å². The van der Waals surface area contributed by atoms with E-state index in [1.807, 2.05) is 23.1 Å². The Morgan fingerprint density at radius 2 is 1.94 bits per heavy atom. The Labute approximate surface area is 96.7 Å². The molecule has 86 valence electrons. The molecule has 1 aliphatic rings. The summed E-state index contributed by atoms with van der Waals surface area (Å²) in [6.45, 7) is 0.777. The monoisotopic (exact) mass is 229 g/mol. The second kappa shape index (κ2) is 3.62. The maximum atomic E-state index is 11.3. The van der Waals surface area contributed by atoms with E-state index in [9.17, 15) is 9.59 Å². The molecule has 0 amide bonds. The topological polar surface area (TPSA) is 69.0 Å². The molecule has 0 fully saturated rings. The number of para-hydroxylation sites is 1. The number of hydrogen-bond donors (Lipinski definition) is 2. The molecular weight excluding hydrogens is 218 g/mol. The smallest absolute Gasteiger partial charge is 0.327 e. The number of benzene rings is 1. The predicted molar refractivity (Wildman–Crippen MR) is 64.8 cm³/mol. The Morgan fingerprint density at radius 3 is 2.76 bits per heavy atom. The van der Waals surface area contributed by atoms with E-state index in [1.165, 1.54) is 11.6 Å². The number of nitrogens with zero attached hydrogens (tertiary/aromatic N) is 1. The van der Waals surface area contributed by atoms with Crippen molar-refractivity contribution in [3.05, 3.63) is 56.7 Å². The Hall–Kier alpha value is -2.30. The van der Waals surface area contributed by atoms with E-state index in [1.54, 1.807) is 0 Å². The van der Waals surface area contributed by atoms with Crippen molar-refractivity contribution in [2.75, 3.05) is 11.4 Å². The Morgan fingerprint density at radius 1 is 1.12 bits per heavy atom. The van der Waals surface area contributed by atoms with E-state index in [0.717, 1.165) is 18.7 Å². The average Bonchev–Trinajstić information content (AvgIpc) is 2.71. The fourth-order valence-corrected chi connectivity index (χ4v) is 2.19. The first kappa shape index (κ1) is 9.89. The lowest BCUT2D eigenvalue weighted by Gasteiger charge is -2.18. The number of fused-ring (bicyclic) bond motifs is 1. The number of H-pyrrole nitrogens is 2. The molecule has 0 unspecified atom stereocenters. The van der Waals surface area contributed by atoms with Gasteiger partial charge in [0.25, 0.3) is 5.56 Å². The zero-order chi connectivity index (χ0) is 11.8. The zero-order valence-electron chi connectivity index (χ0n) is 9.06. The number of nitrogens with one attached hydrogen (secondary N) is 2. The molecular formula is C12H11N3O2. The van der Waals surface area contributed by atoms with E-state index in [0.29, 0.717) is 5.82 Å². The van der Waals surface area contributed by atoms with Crippen LogP contribution >= 0.6 is 0 Å². The third kappa shape index (κ3) is 1.65. The van der Waals surface area contributed by atoms with Crippen LogP contribution < -0.4 is 16.1 Å². The van der Waals surface area contributed by atoms with E-state index < -0.39 is 5.69 Å². The SMILES string of the molecule is O=c1cc(N2CCc3ccccc32)[nH]c(=O)[nH]1. The highest BCUT2D eigenvalue weighted by Crippen LogP contribution is 2.31. The second-order valence-electron chi connectivity index (χ2n) is 4.00. The Balaban J connectivity index is 2.13. The van der Waals surface area contributed by atoms with Crippen molar-refractivity contribution in [3.63, 3.8) is 0 Å². The molecule has 5 heteroatoms. The van der Waals surface area contributed by atoms with Crippen molar-refractivity contribution in [1.82, 2.24) is 9.97 Å². The van der Waals surface area contributed by atoms with Gasteiger partial charge in [0.15, 0.2) is 0 Å². The lowest BCUT2D eigenvalue weighted by molar-refractivity contribution is 0.938. The van der Waals surface area contributed by atoms with Crippen LogP contribution in [0.1, 0.15) is 5.56 Å². The van der Waals surface area contributed by atoms with Crippen molar-refractivity contribution < 1.29 is 0 Å². The van der Waals surface area contributed by atoms with Crippen LogP contribution in [0.4, 0.5) is 11.5 Å². The number of aromatic nitrogens is 2. The Kier molecular flexibility index (Phi) is 2.11. The van der Waals surface area contributed by atoms with Crippen molar-refractivity contribution in [2.24, 2.45) is 0 Å². The largest absolute Gasteiger partial charge is 0.327 e. The quantitative estimate of drug-likeness (QED) is 0.758. The van der Waals surface area contributed by atoms with Crippen LogP contribution in [0.15, 0.2) is 39.9 Å². The van der Waals surface area contributed by atoms with Gasteiger partial charge in [0.1, 0.15) is 5.82 Å². The van der Waals surface area contributed by atoms with Gasteiger partial charge in [0.05, 0.1) is 0 Å². The summed E-state index contributed by atoms with van der Waals surface area (Å²) in [4.78, 5) is 29.3. The van der Waals surface area contributed by atoms with E-state index in [2.05, 4.69) is 16.0 Å². The number of anilines is 2. The third-order valence-electron chi connectivity index (χ3n) is 2.92. The molecule has 1 aromatic heterocycles. The van der Waals surface area contributed by atoms with Gasteiger partial charge in [-0.25, -0.2) is 4.79 Å². The van der Waals surface area contributed by atoms with Crippen LogP contribution in [0.5, 0.6) is 0 Å². The van der Waals surface area contributed by atoms with Crippen LogP contribution in [0, 0.1) is 0 Å². The van der Waals surface area contributed by atoms with Crippen molar-refractivity contribution in [1.29, 1.82) is 0 Å². The Bertz CT molecular complexity index is 643. The third-order valence-corrected chi connectivity index (χ3v) is 2.92. The maximum absolute atomic E-state index is 11.3. The first-order valence-electron chi connectivity index (χ1n) is 5.43. The van der Waals surface area contributed by atoms with Gasteiger partial charge in [-0.3, -0.25) is 14.8 Å². The van der Waals surface area contributed by atoms with Crippen LogP contribution in [0.2, 0.25) is 0 Å². The summed E-state index contributed by atoms with van der Waals surface area (Å²) in [6.07, 6.45) is 0.922. The minimum atomic E-state index is -0.475. The molecule has 5 nitrogen and oxygen atoms in total. The highest BCUT2D eigenvalue weighted by atomic mass is 16.2. The van der Waals surface area contributed by atoms with Crippen molar-refractivity contribution in [3.8, 4) is 0 Å². The summed E-state index contributed by atoms with van der Waals surface area (Å²) < 4.78 is 0. The van der Waals surface area contributed by atoms with Gasteiger partial charge in [-0.2, -0.15) is 0 Å². The summed E-state index contributed by atoms with van der Waals surface area (Å²) in [5.41, 5.74) is 1.42. The first-order valence-corrected chi connectivity index (χ1v) is 5.43. The molecule has 0 aliphatic carbocycles. The molecule has 0 radical (unpaired) electrons. The lowest BCUT2D eigenvalue weighted by Crippen LogP contribution is -2.26. The maximum Gasteiger partial charge on any atom is 0.327 e. The molecule has 0 atom stereocenters. The van der Waals surface area contributed by atoms with E-state index in [-0.39, 0.29) is 5.56 Å². The fourth-order valence-electron chi connectivity index (χ4n) is 2.19. The molecule has 0 saturated carbocycles. The number of hydrogen-bond acceptors (Lipinski definition) is 3. The molecule has 2 heterocycles. The van der Waals surface area contributed by atoms with Gasteiger partial charge in [0, 0.05) is 18.3 Å². The van der Waals surface area contributed by atoms with Gasteiger partial charge < -0.3 is 4.90 Å².